The SMILES string of the molecule is COCCC(CCl)NC(=O)C1Cc2ccccc21. The van der Waals surface area contributed by atoms with Crippen molar-refractivity contribution in [2.24, 2.45) is 0 Å². The zero-order chi connectivity index (χ0) is 13.0. The summed E-state index contributed by atoms with van der Waals surface area (Å²) in [5, 5.41) is 2.99. The molecular formula is C14H18ClNO2. The average Bonchev–Trinajstić information content (AvgIpc) is 2.36. The number of alkyl halides is 1. The molecule has 1 aromatic rings. The molecule has 1 aromatic carbocycles. The molecule has 98 valence electrons. The summed E-state index contributed by atoms with van der Waals surface area (Å²) in [7, 11) is 1.65. The van der Waals surface area contributed by atoms with Crippen LogP contribution in [0.1, 0.15) is 23.5 Å². The second-order valence-electron chi connectivity index (χ2n) is 4.60. The van der Waals surface area contributed by atoms with E-state index in [-0.39, 0.29) is 17.9 Å². The molecule has 2 atom stereocenters. The zero-order valence-corrected chi connectivity index (χ0v) is 11.2. The third-order valence-electron chi connectivity index (χ3n) is 3.37. The van der Waals surface area contributed by atoms with Gasteiger partial charge in [0, 0.05) is 25.6 Å². The van der Waals surface area contributed by atoms with Crippen LogP contribution in [0, 0.1) is 0 Å². The Morgan fingerprint density at radius 2 is 2.33 bits per heavy atom. The van der Waals surface area contributed by atoms with Crippen molar-refractivity contribution in [1.82, 2.24) is 5.32 Å². The summed E-state index contributed by atoms with van der Waals surface area (Å²) >= 11 is 5.84. The third kappa shape index (κ3) is 2.85. The normalized spacial score (nSPS) is 18.7. The Balaban J connectivity index is 1.90. The minimum absolute atomic E-state index is 0.00513. The van der Waals surface area contributed by atoms with Crippen molar-refractivity contribution in [3.05, 3.63) is 35.4 Å². The van der Waals surface area contributed by atoms with E-state index in [1.807, 2.05) is 18.2 Å². The van der Waals surface area contributed by atoms with Crippen LogP contribution in [0.25, 0.3) is 0 Å². The number of nitrogens with one attached hydrogen (secondary N) is 1. The van der Waals surface area contributed by atoms with Gasteiger partial charge in [-0.2, -0.15) is 0 Å². The van der Waals surface area contributed by atoms with E-state index in [9.17, 15) is 4.79 Å². The summed E-state index contributed by atoms with van der Waals surface area (Å²) in [6, 6.07) is 8.07. The number of carbonyl (C=O) groups is 1. The molecule has 18 heavy (non-hydrogen) atoms. The highest BCUT2D eigenvalue weighted by molar-refractivity contribution is 6.18. The van der Waals surface area contributed by atoms with Gasteiger partial charge in [-0.15, -0.1) is 11.6 Å². The van der Waals surface area contributed by atoms with Gasteiger partial charge >= 0.3 is 0 Å². The second kappa shape index (κ2) is 6.21. The standard InChI is InChI=1S/C14H18ClNO2/c1-18-7-6-11(9-15)16-14(17)13-8-10-4-2-3-5-12(10)13/h2-5,11,13H,6-9H2,1H3,(H,16,17). The summed E-state index contributed by atoms with van der Waals surface area (Å²) < 4.78 is 5.00. The number of methoxy groups -OCH3 is 1. The topological polar surface area (TPSA) is 38.3 Å². The Labute approximate surface area is 112 Å². The molecule has 1 aliphatic rings. The van der Waals surface area contributed by atoms with E-state index in [0.29, 0.717) is 12.5 Å². The van der Waals surface area contributed by atoms with Crippen LogP contribution in [-0.4, -0.2) is 31.5 Å². The van der Waals surface area contributed by atoms with Crippen molar-refractivity contribution in [1.29, 1.82) is 0 Å². The maximum Gasteiger partial charge on any atom is 0.228 e. The highest BCUT2D eigenvalue weighted by Crippen LogP contribution is 2.34. The van der Waals surface area contributed by atoms with Crippen LogP contribution in [0.2, 0.25) is 0 Å². The molecule has 4 heteroatoms. The maximum absolute atomic E-state index is 12.1. The molecule has 0 aromatic heterocycles. The van der Waals surface area contributed by atoms with E-state index < -0.39 is 0 Å². The lowest BCUT2D eigenvalue weighted by Gasteiger charge is -2.30. The van der Waals surface area contributed by atoms with E-state index in [1.165, 1.54) is 5.56 Å². The molecule has 2 rings (SSSR count). The van der Waals surface area contributed by atoms with Crippen LogP contribution in [0.4, 0.5) is 0 Å². The fourth-order valence-corrected chi connectivity index (χ4v) is 2.47. The van der Waals surface area contributed by atoms with Crippen molar-refractivity contribution in [2.75, 3.05) is 19.6 Å². The Hall–Kier alpha value is -1.06. The van der Waals surface area contributed by atoms with Crippen molar-refractivity contribution < 1.29 is 9.53 Å². The van der Waals surface area contributed by atoms with Crippen LogP contribution in [0.3, 0.4) is 0 Å². The number of hydrogen-bond donors (Lipinski definition) is 1. The van der Waals surface area contributed by atoms with Crippen molar-refractivity contribution in [3.63, 3.8) is 0 Å². The van der Waals surface area contributed by atoms with E-state index in [2.05, 4.69) is 11.4 Å². The van der Waals surface area contributed by atoms with Gasteiger partial charge in [0.2, 0.25) is 5.91 Å². The van der Waals surface area contributed by atoms with Crippen molar-refractivity contribution in [2.45, 2.75) is 24.8 Å². The molecule has 0 saturated heterocycles. The van der Waals surface area contributed by atoms with Gasteiger partial charge < -0.3 is 10.1 Å². The van der Waals surface area contributed by atoms with Gasteiger partial charge in [-0.3, -0.25) is 4.79 Å². The van der Waals surface area contributed by atoms with Gasteiger partial charge in [0.1, 0.15) is 0 Å². The number of amides is 1. The Kier molecular flexibility index (Phi) is 4.61. The Bertz CT molecular complexity index is 422. The lowest BCUT2D eigenvalue weighted by atomic mass is 9.77. The van der Waals surface area contributed by atoms with E-state index >= 15 is 0 Å². The number of benzene rings is 1. The highest BCUT2D eigenvalue weighted by atomic mass is 35.5. The molecule has 0 bridgehead atoms. The summed E-state index contributed by atoms with van der Waals surface area (Å²) in [5.41, 5.74) is 2.42. The summed E-state index contributed by atoms with van der Waals surface area (Å²) in [5.74, 6) is 0.494. The van der Waals surface area contributed by atoms with Crippen molar-refractivity contribution >= 4 is 17.5 Å². The van der Waals surface area contributed by atoms with Crippen LogP contribution in [0.5, 0.6) is 0 Å². The molecule has 0 spiro atoms. The van der Waals surface area contributed by atoms with Gasteiger partial charge in [-0.25, -0.2) is 0 Å². The molecule has 0 heterocycles. The van der Waals surface area contributed by atoms with E-state index in [4.69, 9.17) is 16.3 Å². The number of halogens is 1. The minimum Gasteiger partial charge on any atom is -0.385 e. The fraction of sp³-hybridized carbons (Fsp3) is 0.500. The quantitative estimate of drug-likeness (QED) is 0.802. The van der Waals surface area contributed by atoms with E-state index in [0.717, 1.165) is 18.4 Å². The summed E-state index contributed by atoms with van der Waals surface area (Å²) in [6.45, 7) is 0.610. The van der Waals surface area contributed by atoms with Crippen LogP contribution in [-0.2, 0) is 16.0 Å². The molecule has 0 aliphatic heterocycles. The Morgan fingerprint density at radius 1 is 1.56 bits per heavy atom. The lowest BCUT2D eigenvalue weighted by molar-refractivity contribution is -0.123. The molecule has 0 saturated carbocycles. The van der Waals surface area contributed by atoms with Gasteiger partial charge in [0.05, 0.1) is 5.92 Å². The molecule has 2 unspecified atom stereocenters. The highest BCUT2D eigenvalue weighted by Gasteiger charge is 2.32. The zero-order valence-electron chi connectivity index (χ0n) is 10.5. The fourth-order valence-electron chi connectivity index (χ4n) is 2.24. The van der Waals surface area contributed by atoms with Gasteiger partial charge in [-0.1, -0.05) is 24.3 Å². The molecule has 1 aliphatic carbocycles. The smallest absolute Gasteiger partial charge is 0.228 e. The number of rotatable bonds is 6. The van der Waals surface area contributed by atoms with E-state index in [1.54, 1.807) is 7.11 Å². The van der Waals surface area contributed by atoms with Crippen LogP contribution in [0.15, 0.2) is 24.3 Å². The van der Waals surface area contributed by atoms with Crippen LogP contribution >= 0.6 is 11.6 Å². The first-order valence-electron chi connectivity index (χ1n) is 6.19. The molecular weight excluding hydrogens is 250 g/mol. The maximum atomic E-state index is 12.1. The number of fused-ring (bicyclic) bond motifs is 1. The van der Waals surface area contributed by atoms with Gasteiger partial charge in [0.15, 0.2) is 0 Å². The lowest BCUT2D eigenvalue weighted by Crippen LogP contribution is -2.42. The first-order chi connectivity index (χ1) is 8.76. The predicted molar refractivity (Wildman–Crippen MR) is 72.0 cm³/mol. The molecule has 0 fully saturated rings. The van der Waals surface area contributed by atoms with Gasteiger partial charge in [0.25, 0.3) is 0 Å². The number of carbonyl (C=O) groups excluding carboxylic acids is 1. The monoisotopic (exact) mass is 267 g/mol. The Morgan fingerprint density at radius 3 is 3.00 bits per heavy atom. The number of ether oxygens (including phenoxy) is 1. The molecule has 1 N–H and O–H groups in total. The summed E-state index contributed by atoms with van der Waals surface area (Å²) in [6.07, 6.45) is 1.58. The van der Waals surface area contributed by atoms with Crippen molar-refractivity contribution in [3.8, 4) is 0 Å². The molecule has 0 radical (unpaired) electrons. The molecule has 1 amide bonds. The van der Waals surface area contributed by atoms with Crippen LogP contribution < -0.4 is 5.32 Å². The second-order valence-corrected chi connectivity index (χ2v) is 4.91. The van der Waals surface area contributed by atoms with Gasteiger partial charge in [-0.05, 0) is 24.0 Å². The summed E-state index contributed by atoms with van der Waals surface area (Å²) in [4.78, 5) is 12.1. The predicted octanol–water partition coefficient (Wildman–Crippen LogP) is 2.09. The molecule has 3 nitrogen and oxygen atoms in total. The minimum atomic E-state index is -0.00752. The first kappa shape index (κ1) is 13.4. The number of hydrogen-bond acceptors (Lipinski definition) is 2. The average molecular weight is 268 g/mol. The largest absolute Gasteiger partial charge is 0.385 e. The third-order valence-corrected chi connectivity index (χ3v) is 3.75. The first-order valence-corrected chi connectivity index (χ1v) is 6.72.